The van der Waals surface area contributed by atoms with Gasteiger partial charge in [-0.25, -0.2) is 4.39 Å². The highest BCUT2D eigenvalue weighted by molar-refractivity contribution is 6.36. The second-order valence-corrected chi connectivity index (χ2v) is 10.4. The van der Waals surface area contributed by atoms with Crippen molar-refractivity contribution in [3.05, 3.63) is 76.5 Å². The van der Waals surface area contributed by atoms with E-state index in [0.29, 0.717) is 51.1 Å². The van der Waals surface area contributed by atoms with Crippen molar-refractivity contribution in [2.45, 2.75) is 50.1 Å². The Balaban J connectivity index is 1.43. The fraction of sp³-hybridized carbons (Fsp3) is 0.333. The van der Waals surface area contributed by atoms with Crippen molar-refractivity contribution in [1.82, 2.24) is 21.0 Å². The van der Waals surface area contributed by atoms with Gasteiger partial charge in [-0.15, -0.1) is 5.53 Å². The Morgan fingerprint density at radius 1 is 1.30 bits per heavy atom. The highest BCUT2D eigenvalue weighted by atomic mass is 35.5. The van der Waals surface area contributed by atoms with Crippen LogP contribution in [0.25, 0.3) is 10.9 Å². The maximum absolute atomic E-state index is 13.8. The number of hydrazine groups is 2. The summed E-state index contributed by atoms with van der Waals surface area (Å²) >= 11 is 6.71. The van der Waals surface area contributed by atoms with E-state index < -0.39 is 5.44 Å². The predicted octanol–water partition coefficient (Wildman–Crippen LogP) is 4.87. The maximum Gasteiger partial charge on any atom is 0.123 e. The zero-order chi connectivity index (χ0) is 25.7. The van der Waals surface area contributed by atoms with Crippen molar-refractivity contribution >= 4 is 41.7 Å². The zero-order valence-electron chi connectivity index (χ0n) is 20.4. The van der Waals surface area contributed by atoms with E-state index in [4.69, 9.17) is 19.4 Å². The van der Waals surface area contributed by atoms with Crippen molar-refractivity contribution in [2.24, 2.45) is 5.92 Å². The lowest BCUT2D eigenvalue weighted by Gasteiger charge is -2.34. The number of nitriles is 1. The molecule has 1 aromatic heterocycles. The van der Waals surface area contributed by atoms with Gasteiger partial charge in [0.15, 0.2) is 0 Å². The van der Waals surface area contributed by atoms with Crippen molar-refractivity contribution in [1.29, 1.82) is 5.26 Å². The summed E-state index contributed by atoms with van der Waals surface area (Å²) in [5, 5.41) is 20.0. The molecule has 0 saturated heterocycles. The molecule has 2 radical (unpaired) electrons. The van der Waals surface area contributed by atoms with Gasteiger partial charge in [-0.3, -0.25) is 9.99 Å². The first-order chi connectivity index (χ1) is 17.9. The van der Waals surface area contributed by atoms with Crippen molar-refractivity contribution in [3.8, 4) is 6.07 Å². The average Bonchev–Trinajstić information content (AvgIpc) is 3.82. The molecule has 2 fully saturated rings. The molecule has 2 aromatic carbocycles. The number of rotatable bonds is 8. The average molecular weight is 514 g/mol. The molecule has 3 aliphatic rings. The van der Waals surface area contributed by atoms with E-state index in [0.717, 1.165) is 36.8 Å². The third kappa shape index (κ3) is 4.45. The number of fused-ring (bicyclic) bond motifs is 1. The lowest BCUT2D eigenvalue weighted by molar-refractivity contribution is 0.260. The van der Waals surface area contributed by atoms with Crippen LogP contribution in [0.15, 0.2) is 54.5 Å². The van der Waals surface area contributed by atoms with Crippen LogP contribution in [-0.4, -0.2) is 29.9 Å². The molecule has 6 rings (SSSR count). The van der Waals surface area contributed by atoms with Crippen LogP contribution in [0.1, 0.15) is 43.7 Å². The van der Waals surface area contributed by atoms with Crippen LogP contribution in [0, 0.1) is 23.1 Å². The van der Waals surface area contributed by atoms with Gasteiger partial charge in [0.2, 0.25) is 0 Å². The molecule has 0 bridgehead atoms. The Morgan fingerprint density at radius 3 is 2.76 bits per heavy atom. The van der Waals surface area contributed by atoms with Crippen LogP contribution in [-0.2, 0) is 5.44 Å². The van der Waals surface area contributed by atoms with Gasteiger partial charge in [-0.1, -0.05) is 37.1 Å². The molecular formula is C27H26BClFN7. The Hall–Kier alpha value is -3.48. The SMILES string of the molecule is [B]C(Nc1cc(Cl)c2ncc(C#N)c(N[C@@H]3C[C@H]3CC)c2c1)(C1=CN(C2CC2)NN1)c1ccc(F)cc1. The molecule has 3 atom stereocenters. The first-order valence-corrected chi connectivity index (χ1v) is 12.9. The van der Waals surface area contributed by atoms with Gasteiger partial charge in [0, 0.05) is 35.6 Å². The van der Waals surface area contributed by atoms with Gasteiger partial charge in [-0.05, 0) is 55.0 Å². The molecule has 4 N–H and O–H groups in total. The van der Waals surface area contributed by atoms with Gasteiger partial charge in [-0.2, -0.15) is 5.26 Å². The summed E-state index contributed by atoms with van der Waals surface area (Å²) in [6.45, 7) is 2.17. The van der Waals surface area contributed by atoms with E-state index in [2.05, 4.69) is 39.6 Å². The summed E-state index contributed by atoms with van der Waals surface area (Å²) in [6, 6.07) is 12.8. The number of halogens is 2. The molecule has 37 heavy (non-hydrogen) atoms. The van der Waals surface area contributed by atoms with Crippen LogP contribution in [0.2, 0.25) is 5.02 Å². The molecule has 10 heteroatoms. The fourth-order valence-corrected chi connectivity index (χ4v) is 5.21. The number of hydrogen-bond acceptors (Lipinski definition) is 7. The molecule has 2 aliphatic carbocycles. The van der Waals surface area contributed by atoms with Crippen molar-refractivity contribution in [2.75, 3.05) is 10.6 Å². The van der Waals surface area contributed by atoms with E-state index in [1.165, 1.54) is 12.1 Å². The summed E-state index contributed by atoms with van der Waals surface area (Å²) in [4.78, 5) is 4.46. The number of hydrogen-bond donors (Lipinski definition) is 4. The van der Waals surface area contributed by atoms with Crippen molar-refractivity contribution in [3.63, 3.8) is 0 Å². The molecule has 0 spiro atoms. The molecule has 0 amide bonds. The fourth-order valence-electron chi connectivity index (χ4n) is 4.95. The minimum absolute atomic E-state index is 0.318. The van der Waals surface area contributed by atoms with Gasteiger partial charge in [0.25, 0.3) is 0 Å². The molecular weight excluding hydrogens is 488 g/mol. The summed E-state index contributed by atoms with van der Waals surface area (Å²) < 4.78 is 13.8. The highest BCUT2D eigenvalue weighted by Gasteiger charge is 2.38. The topological polar surface area (TPSA) is 88.0 Å². The van der Waals surface area contributed by atoms with Crippen LogP contribution in [0.4, 0.5) is 15.8 Å². The van der Waals surface area contributed by atoms with Gasteiger partial charge in [0.05, 0.1) is 32.9 Å². The van der Waals surface area contributed by atoms with E-state index in [1.54, 1.807) is 24.4 Å². The molecule has 2 saturated carbocycles. The largest absolute Gasteiger partial charge is 0.380 e. The minimum atomic E-state index is -1.24. The summed E-state index contributed by atoms with van der Waals surface area (Å²) in [5.41, 5.74) is 8.87. The molecule has 1 unspecified atom stereocenters. The van der Waals surface area contributed by atoms with Crippen molar-refractivity contribution < 1.29 is 4.39 Å². The first-order valence-electron chi connectivity index (χ1n) is 12.5. The smallest absolute Gasteiger partial charge is 0.123 e. The number of anilines is 2. The van der Waals surface area contributed by atoms with Crippen LogP contribution in [0.3, 0.4) is 0 Å². The van der Waals surface area contributed by atoms with Crippen LogP contribution in [0.5, 0.6) is 0 Å². The number of benzene rings is 2. The number of pyridine rings is 1. The van der Waals surface area contributed by atoms with E-state index in [-0.39, 0.29) is 5.82 Å². The molecule has 1 aliphatic heterocycles. The Kier molecular flexibility index (Phi) is 5.89. The zero-order valence-corrected chi connectivity index (χ0v) is 21.1. The second kappa shape index (κ2) is 9.12. The van der Waals surface area contributed by atoms with Crippen LogP contribution >= 0.6 is 11.6 Å². The van der Waals surface area contributed by atoms with E-state index >= 15 is 0 Å². The lowest BCUT2D eigenvalue weighted by atomic mass is 9.69. The molecule has 7 nitrogen and oxygen atoms in total. The molecule has 186 valence electrons. The van der Waals surface area contributed by atoms with Crippen LogP contribution < -0.4 is 21.6 Å². The monoisotopic (exact) mass is 513 g/mol. The predicted molar refractivity (Wildman–Crippen MR) is 144 cm³/mol. The third-order valence-corrected chi connectivity index (χ3v) is 7.70. The Bertz CT molecular complexity index is 1440. The Labute approximate surface area is 221 Å². The summed E-state index contributed by atoms with van der Waals surface area (Å²) in [7, 11) is 7.05. The quantitative estimate of drug-likeness (QED) is 0.320. The number of nitrogens with zero attached hydrogens (tertiary/aromatic N) is 3. The normalized spacial score (nSPS) is 22.1. The third-order valence-electron chi connectivity index (χ3n) is 7.42. The Morgan fingerprint density at radius 2 is 2.08 bits per heavy atom. The number of aromatic nitrogens is 1. The van der Waals surface area contributed by atoms with Gasteiger partial charge < -0.3 is 16.1 Å². The van der Waals surface area contributed by atoms with Gasteiger partial charge >= 0.3 is 0 Å². The van der Waals surface area contributed by atoms with E-state index in [9.17, 15) is 9.65 Å². The van der Waals surface area contributed by atoms with Gasteiger partial charge in [0.1, 0.15) is 19.7 Å². The standard InChI is InChI=1S/C27H26BClFN7/c1-2-15-9-23(15)33-25-16(12-31)13-32-26-21(25)10-19(11-22(26)29)34-27(28,17-3-5-18(30)6-4-17)24-14-37(36-35-24)20-7-8-20/h3-6,10-11,13-15,20,23,34-36H,2,7-9H2,1H3,(H,32,33)/t15-,23-,27?/m1/s1. The first kappa shape index (κ1) is 23.9. The minimum Gasteiger partial charge on any atom is -0.380 e. The molecule has 3 aromatic rings. The summed E-state index contributed by atoms with van der Waals surface area (Å²) in [6.07, 6.45) is 7.85. The maximum atomic E-state index is 13.8. The lowest BCUT2D eigenvalue weighted by Crippen LogP contribution is -2.45. The second-order valence-electron chi connectivity index (χ2n) is 10.0. The number of nitrogens with one attached hydrogen (secondary N) is 4. The van der Waals surface area contributed by atoms with E-state index in [1.807, 2.05) is 17.3 Å². The highest BCUT2D eigenvalue weighted by Crippen LogP contribution is 2.41. The molecule has 2 heterocycles. The summed E-state index contributed by atoms with van der Waals surface area (Å²) in [5.74, 6) is 0.242.